The Bertz CT molecular complexity index is 615. The Morgan fingerprint density at radius 3 is 2.81 bits per heavy atom. The van der Waals surface area contributed by atoms with Crippen LogP contribution in [0.15, 0.2) is 24.3 Å². The quantitative estimate of drug-likeness (QED) is 0.641. The van der Waals surface area contributed by atoms with Gasteiger partial charge in [-0.25, -0.2) is 8.42 Å². The van der Waals surface area contributed by atoms with Gasteiger partial charge in [0.15, 0.2) is 9.84 Å². The number of nitrogens with one attached hydrogen (secondary N) is 1. The normalized spacial score (nSPS) is 22.0. The van der Waals surface area contributed by atoms with Crippen molar-refractivity contribution in [3.05, 3.63) is 39.9 Å². The summed E-state index contributed by atoms with van der Waals surface area (Å²) >= 11 is 0. The number of nitrogens with zero attached hydrogens (tertiary/aromatic N) is 1. The van der Waals surface area contributed by atoms with Crippen molar-refractivity contribution in [1.29, 1.82) is 0 Å². The average Bonchev–Trinajstić information content (AvgIpc) is 2.79. The first-order valence-corrected chi connectivity index (χ1v) is 8.91. The lowest BCUT2D eigenvalue weighted by atomic mass is 10.0. The first-order chi connectivity index (χ1) is 9.91. The Kier molecular flexibility index (Phi) is 4.95. The van der Waals surface area contributed by atoms with Crippen LogP contribution in [0.25, 0.3) is 0 Å². The van der Waals surface area contributed by atoms with Crippen LogP contribution >= 0.6 is 0 Å². The number of sulfone groups is 1. The fourth-order valence-corrected chi connectivity index (χ4v) is 4.56. The molecule has 0 spiro atoms. The maximum absolute atomic E-state index is 11.4. The molecule has 0 bridgehead atoms. The number of hydrogen-bond donors (Lipinski definition) is 1. The van der Waals surface area contributed by atoms with Gasteiger partial charge in [-0.15, -0.1) is 0 Å². The van der Waals surface area contributed by atoms with Crippen molar-refractivity contribution in [2.24, 2.45) is 5.92 Å². The third-order valence-corrected chi connectivity index (χ3v) is 5.71. The number of hydrogen-bond acceptors (Lipinski definition) is 5. The van der Waals surface area contributed by atoms with Crippen molar-refractivity contribution in [1.82, 2.24) is 5.32 Å². The molecule has 1 aromatic rings. The Hall–Kier alpha value is -1.47. The zero-order chi connectivity index (χ0) is 15.5. The predicted molar refractivity (Wildman–Crippen MR) is 80.9 cm³/mol. The summed E-state index contributed by atoms with van der Waals surface area (Å²) in [6.45, 7) is 2.63. The van der Waals surface area contributed by atoms with Crippen LogP contribution in [-0.2, 0) is 9.84 Å². The van der Waals surface area contributed by atoms with Crippen LogP contribution in [0.2, 0.25) is 0 Å². The molecule has 1 aliphatic rings. The number of rotatable bonds is 6. The summed E-state index contributed by atoms with van der Waals surface area (Å²) in [7, 11) is -2.86. The molecule has 1 saturated heterocycles. The highest BCUT2D eigenvalue weighted by atomic mass is 32.2. The van der Waals surface area contributed by atoms with Gasteiger partial charge >= 0.3 is 0 Å². The molecule has 116 valence electrons. The molecule has 6 nitrogen and oxygen atoms in total. The maximum atomic E-state index is 11.4. The number of nitro benzene ring substituents is 1. The highest BCUT2D eigenvalue weighted by Gasteiger charge is 2.28. The first-order valence-electron chi connectivity index (χ1n) is 7.09. The molecular formula is C14H20N2O4S. The topological polar surface area (TPSA) is 89.3 Å². The molecule has 1 aliphatic heterocycles. The third-order valence-electron chi connectivity index (χ3n) is 3.87. The van der Waals surface area contributed by atoms with E-state index in [4.69, 9.17) is 0 Å². The van der Waals surface area contributed by atoms with Gasteiger partial charge in [-0.1, -0.05) is 19.1 Å². The lowest BCUT2D eigenvalue weighted by molar-refractivity contribution is -0.384. The fourth-order valence-electron chi connectivity index (χ4n) is 2.69. The lowest BCUT2D eigenvalue weighted by Gasteiger charge is -2.19. The Morgan fingerprint density at radius 1 is 1.48 bits per heavy atom. The van der Waals surface area contributed by atoms with E-state index in [1.807, 2.05) is 13.0 Å². The molecule has 1 heterocycles. The van der Waals surface area contributed by atoms with Crippen LogP contribution in [0.3, 0.4) is 0 Å². The molecule has 1 aromatic carbocycles. The van der Waals surface area contributed by atoms with Gasteiger partial charge in [-0.05, 0) is 30.9 Å². The first kappa shape index (κ1) is 15.9. The van der Waals surface area contributed by atoms with E-state index in [-0.39, 0.29) is 29.2 Å². The van der Waals surface area contributed by atoms with Gasteiger partial charge in [0.1, 0.15) is 0 Å². The molecule has 0 amide bonds. The van der Waals surface area contributed by atoms with Crippen molar-refractivity contribution >= 4 is 15.5 Å². The van der Waals surface area contributed by atoms with E-state index >= 15 is 0 Å². The van der Waals surface area contributed by atoms with Gasteiger partial charge in [0.2, 0.25) is 0 Å². The monoisotopic (exact) mass is 312 g/mol. The fraction of sp³-hybridized carbons (Fsp3) is 0.571. The van der Waals surface area contributed by atoms with Gasteiger partial charge in [-0.2, -0.15) is 0 Å². The van der Waals surface area contributed by atoms with Gasteiger partial charge in [-0.3, -0.25) is 10.1 Å². The van der Waals surface area contributed by atoms with E-state index in [9.17, 15) is 18.5 Å². The zero-order valence-electron chi connectivity index (χ0n) is 12.0. The van der Waals surface area contributed by atoms with Crippen LogP contribution < -0.4 is 5.32 Å². The lowest BCUT2D eigenvalue weighted by Crippen LogP contribution is -2.27. The molecule has 0 aliphatic carbocycles. The van der Waals surface area contributed by atoms with E-state index in [2.05, 4.69) is 5.32 Å². The second-order valence-electron chi connectivity index (χ2n) is 5.49. The van der Waals surface area contributed by atoms with Crippen molar-refractivity contribution in [3.8, 4) is 0 Å². The minimum Gasteiger partial charge on any atom is -0.310 e. The summed E-state index contributed by atoms with van der Waals surface area (Å²) in [5.41, 5.74) is 0.948. The molecule has 2 unspecified atom stereocenters. The standard InChI is InChI=1S/C14H20N2O4S/c1-2-14(12-4-3-5-13(8-12)16(17)18)15-9-11-6-7-21(19,20)10-11/h3-5,8,11,14-15H,2,6-7,9-10H2,1H3. The Balaban J connectivity index is 2.00. The van der Waals surface area contributed by atoms with Crippen molar-refractivity contribution in [2.75, 3.05) is 18.1 Å². The van der Waals surface area contributed by atoms with E-state index in [0.29, 0.717) is 13.0 Å². The number of nitro groups is 1. The molecule has 2 atom stereocenters. The zero-order valence-corrected chi connectivity index (χ0v) is 12.8. The minimum atomic E-state index is -2.86. The molecule has 21 heavy (non-hydrogen) atoms. The van der Waals surface area contributed by atoms with Crippen LogP contribution in [0.4, 0.5) is 5.69 Å². The molecule has 0 saturated carbocycles. The molecule has 1 N–H and O–H groups in total. The molecular weight excluding hydrogens is 292 g/mol. The summed E-state index contributed by atoms with van der Waals surface area (Å²) in [5, 5.41) is 14.2. The molecule has 0 aromatic heterocycles. The van der Waals surface area contributed by atoms with E-state index in [1.54, 1.807) is 12.1 Å². The van der Waals surface area contributed by atoms with Gasteiger partial charge in [0.25, 0.3) is 5.69 Å². The van der Waals surface area contributed by atoms with Crippen LogP contribution in [0, 0.1) is 16.0 Å². The average molecular weight is 312 g/mol. The summed E-state index contributed by atoms with van der Waals surface area (Å²) in [4.78, 5) is 10.4. The van der Waals surface area contributed by atoms with Gasteiger partial charge in [0.05, 0.1) is 16.4 Å². The molecule has 7 heteroatoms. The summed E-state index contributed by atoms with van der Waals surface area (Å²) < 4.78 is 22.9. The highest BCUT2D eigenvalue weighted by Crippen LogP contribution is 2.23. The van der Waals surface area contributed by atoms with Crippen LogP contribution in [0.1, 0.15) is 31.4 Å². The smallest absolute Gasteiger partial charge is 0.269 e. The molecule has 2 rings (SSSR count). The van der Waals surface area contributed by atoms with Crippen LogP contribution in [-0.4, -0.2) is 31.4 Å². The van der Waals surface area contributed by atoms with Crippen molar-refractivity contribution < 1.29 is 13.3 Å². The second kappa shape index (κ2) is 6.53. The van der Waals surface area contributed by atoms with E-state index in [1.165, 1.54) is 6.07 Å². The predicted octanol–water partition coefficient (Wildman–Crippen LogP) is 2.07. The summed E-state index contributed by atoms with van der Waals surface area (Å²) in [5.74, 6) is 0.654. The van der Waals surface area contributed by atoms with Gasteiger partial charge < -0.3 is 5.32 Å². The largest absolute Gasteiger partial charge is 0.310 e. The number of non-ortho nitro benzene ring substituents is 1. The van der Waals surface area contributed by atoms with E-state index in [0.717, 1.165) is 12.0 Å². The van der Waals surface area contributed by atoms with E-state index < -0.39 is 14.8 Å². The second-order valence-corrected chi connectivity index (χ2v) is 7.72. The highest BCUT2D eigenvalue weighted by molar-refractivity contribution is 7.91. The molecule has 0 radical (unpaired) electrons. The van der Waals surface area contributed by atoms with Crippen molar-refractivity contribution in [3.63, 3.8) is 0 Å². The summed E-state index contributed by atoms with van der Waals surface area (Å²) in [6, 6.07) is 6.59. The Labute approximate surface area is 124 Å². The third kappa shape index (κ3) is 4.25. The number of benzene rings is 1. The SMILES string of the molecule is CCC(NCC1CCS(=O)(=O)C1)c1cccc([N+](=O)[O-])c1. The van der Waals surface area contributed by atoms with Crippen molar-refractivity contribution in [2.45, 2.75) is 25.8 Å². The minimum absolute atomic E-state index is 0.00760. The molecule has 1 fully saturated rings. The Morgan fingerprint density at radius 2 is 2.24 bits per heavy atom. The van der Waals surface area contributed by atoms with Crippen LogP contribution in [0.5, 0.6) is 0 Å². The summed E-state index contributed by atoms with van der Waals surface area (Å²) in [6.07, 6.45) is 1.49. The maximum Gasteiger partial charge on any atom is 0.269 e. The van der Waals surface area contributed by atoms with Gasteiger partial charge in [0, 0.05) is 18.2 Å².